The standard InChI is InChI=1S/C16H16BrClN4O/c17-13-12-14(18)19-5-6-21(12)15(20-13)9-1-2-10-16(3-4-16)7-11(23)22(10)8-9/h5-6,9-10H,1-4,7-8H2. The largest absolute Gasteiger partial charge is 0.338 e. The number of piperidine rings is 1. The van der Waals surface area contributed by atoms with Crippen LogP contribution >= 0.6 is 27.5 Å². The lowest BCUT2D eigenvalue weighted by atomic mass is 9.86. The second kappa shape index (κ2) is 4.70. The molecule has 1 aliphatic carbocycles. The molecule has 1 saturated carbocycles. The van der Waals surface area contributed by atoms with Crippen molar-refractivity contribution in [2.24, 2.45) is 5.41 Å². The van der Waals surface area contributed by atoms with E-state index in [-0.39, 0.29) is 5.92 Å². The fourth-order valence-corrected chi connectivity index (χ4v) is 5.47. The summed E-state index contributed by atoms with van der Waals surface area (Å²) in [7, 11) is 0. The van der Waals surface area contributed by atoms with Crippen LogP contribution in [0.25, 0.3) is 5.52 Å². The molecule has 2 aromatic rings. The number of imidazole rings is 1. The molecule has 7 heteroatoms. The fourth-order valence-electron chi connectivity index (χ4n) is 4.56. The monoisotopic (exact) mass is 394 g/mol. The second-order valence-electron chi connectivity index (χ2n) is 7.07. The first-order valence-electron chi connectivity index (χ1n) is 8.06. The molecule has 2 saturated heterocycles. The molecule has 23 heavy (non-hydrogen) atoms. The average Bonchev–Trinajstić information content (AvgIpc) is 3.15. The summed E-state index contributed by atoms with van der Waals surface area (Å²) in [6.45, 7) is 0.775. The van der Waals surface area contributed by atoms with Gasteiger partial charge in [0.25, 0.3) is 0 Å². The van der Waals surface area contributed by atoms with E-state index in [0.717, 1.165) is 41.8 Å². The molecule has 3 aliphatic rings. The molecular formula is C16H16BrClN4O. The fraction of sp³-hybridized carbons (Fsp3) is 0.562. The van der Waals surface area contributed by atoms with Crippen LogP contribution in [0.3, 0.4) is 0 Å². The number of hydrogen-bond donors (Lipinski definition) is 0. The molecule has 1 spiro atoms. The van der Waals surface area contributed by atoms with Crippen molar-refractivity contribution in [1.82, 2.24) is 19.3 Å². The van der Waals surface area contributed by atoms with Gasteiger partial charge in [0.1, 0.15) is 15.9 Å². The zero-order chi connectivity index (χ0) is 15.8. The Kier molecular flexibility index (Phi) is 2.90. The first-order chi connectivity index (χ1) is 11.1. The number of amides is 1. The molecule has 2 aromatic heterocycles. The third kappa shape index (κ3) is 1.94. The topological polar surface area (TPSA) is 50.5 Å². The maximum Gasteiger partial charge on any atom is 0.223 e. The summed E-state index contributed by atoms with van der Waals surface area (Å²) in [5.74, 6) is 1.55. The summed E-state index contributed by atoms with van der Waals surface area (Å²) in [5, 5.41) is 0.445. The van der Waals surface area contributed by atoms with Crippen LogP contribution in [0.5, 0.6) is 0 Å². The Morgan fingerprint density at radius 2 is 2.17 bits per heavy atom. The lowest BCUT2D eigenvalue weighted by molar-refractivity contribution is -0.130. The van der Waals surface area contributed by atoms with E-state index in [4.69, 9.17) is 11.6 Å². The summed E-state index contributed by atoms with van der Waals surface area (Å²) < 4.78 is 2.73. The molecule has 3 fully saturated rings. The number of rotatable bonds is 1. The highest BCUT2D eigenvalue weighted by molar-refractivity contribution is 9.10. The number of carbonyl (C=O) groups is 1. The molecule has 4 heterocycles. The molecule has 2 aliphatic heterocycles. The van der Waals surface area contributed by atoms with E-state index in [0.29, 0.717) is 22.5 Å². The molecule has 0 N–H and O–H groups in total. The maximum atomic E-state index is 12.4. The van der Waals surface area contributed by atoms with Crippen LogP contribution < -0.4 is 0 Å². The van der Waals surface area contributed by atoms with Crippen molar-refractivity contribution in [3.8, 4) is 0 Å². The Balaban J connectivity index is 1.52. The highest BCUT2D eigenvalue weighted by atomic mass is 79.9. The van der Waals surface area contributed by atoms with Gasteiger partial charge in [0, 0.05) is 37.3 Å². The zero-order valence-electron chi connectivity index (χ0n) is 12.5. The van der Waals surface area contributed by atoms with Crippen molar-refractivity contribution in [2.75, 3.05) is 6.54 Å². The van der Waals surface area contributed by atoms with Crippen LogP contribution in [-0.2, 0) is 4.79 Å². The predicted molar refractivity (Wildman–Crippen MR) is 89.5 cm³/mol. The van der Waals surface area contributed by atoms with E-state index in [1.807, 2.05) is 10.6 Å². The minimum atomic E-state index is 0.251. The normalized spacial score (nSPS) is 28.6. The van der Waals surface area contributed by atoms with Crippen LogP contribution in [-0.4, -0.2) is 37.8 Å². The summed E-state index contributed by atoms with van der Waals surface area (Å²) >= 11 is 9.70. The van der Waals surface area contributed by atoms with Gasteiger partial charge in [-0.15, -0.1) is 0 Å². The molecule has 2 unspecified atom stereocenters. The third-order valence-corrected chi connectivity index (χ3v) is 6.69. The van der Waals surface area contributed by atoms with Gasteiger partial charge in [-0.05, 0) is 47.0 Å². The molecule has 1 amide bonds. The van der Waals surface area contributed by atoms with Crippen LogP contribution in [0.4, 0.5) is 0 Å². The van der Waals surface area contributed by atoms with Gasteiger partial charge in [0.05, 0.1) is 0 Å². The molecule has 0 aromatic carbocycles. The van der Waals surface area contributed by atoms with Crippen LogP contribution in [0.15, 0.2) is 17.0 Å². The average molecular weight is 396 g/mol. The highest BCUT2D eigenvalue weighted by Crippen LogP contribution is 2.60. The Bertz CT molecular complexity index is 831. The van der Waals surface area contributed by atoms with Gasteiger partial charge >= 0.3 is 0 Å². The summed E-state index contributed by atoms with van der Waals surface area (Å²) in [4.78, 5) is 23.4. The van der Waals surface area contributed by atoms with Crippen molar-refractivity contribution in [1.29, 1.82) is 0 Å². The number of nitrogens with zero attached hydrogens (tertiary/aromatic N) is 4. The molecule has 2 atom stereocenters. The van der Waals surface area contributed by atoms with Gasteiger partial charge < -0.3 is 4.90 Å². The minimum Gasteiger partial charge on any atom is -0.338 e. The SMILES string of the molecule is O=C1CC2(CC2)C2CCC(c3nc(Br)c4c(Cl)nccn34)CN12. The van der Waals surface area contributed by atoms with E-state index in [2.05, 4.69) is 30.8 Å². The third-order valence-electron chi connectivity index (χ3n) is 5.86. The Morgan fingerprint density at radius 1 is 1.35 bits per heavy atom. The summed E-state index contributed by atoms with van der Waals surface area (Å²) in [6.07, 6.45) is 8.95. The van der Waals surface area contributed by atoms with E-state index in [1.165, 1.54) is 12.8 Å². The first-order valence-corrected chi connectivity index (χ1v) is 9.24. The van der Waals surface area contributed by atoms with Crippen molar-refractivity contribution in [3.63, 3.8) is 0 Å². The molecule has 120 valence electrons. The number of fused-ring (bicyclic) bond motifs is 3. The Morgan fingerprint density at radius 3 is 2.96 bits per heavy atom. The zero-order valence-corrected chi connectivity index (χ0v) is 14.8. The highest BCUT2D eigenvalue weighted by Gasteiger charge is 2.59. The smallest absolute Gasteiger partial charge is 0.223 e. The Hall–Kier alpha value is -1.14. The van der Waals surface area contributed by atoms with E-state index >= 15 is 0 Å². The lowest BCUT2D eigenvalue weighted by Gasteiger charge is -2.37. The molecule has 5 rings (SSSR count). The minimum absolute atomic E-state index is 0.251. The number of hydrogen-bond acceptors (Lipinski definition) is 3. The molecular weight excluding hydrogens is 380 g/mol. The van der Waals surface area contributed by atoms with Gasteiger partial charge in [-0.2, -0.15) is 0 Å². The van der Waals surface area contributed by atoms with Crippen LogP contribution in [0, 0.1) is 5.41 Å². The van der Waals surface area contributed by atoms with Crippen molar-refractivity contribution >= 4 is 39.0 Å². The summed E-state index contributed by atoms with van der Waals surface area (Å²) in [6, 6.07) is 0.464. The van der Waals surface area contributed by atoms with Crippen molar-refractivity contribution in [3.05, 3.63) is 28.0 Å². The first kappa shape index (κ1) is 14.2. The van der Waals surface area contributed by atoms with Gasteiger partial charge in [-0.3, -0.25) is 9.20 Å². The van der Waals surface area contributed by atoms with Gasteiger partial charge in [-0.25, -0.2) is 9.97 Å². The molecule has 0 bridgehead atoms. The van der Waals surface area contributed by atoms with Crippen molar-refractivity contribution < 1.29 is 4.79 Å². The predicted octanol–water partition coefficient (Wildman–Crippen LogP) is 3.40. The molecule has 5 nitrogen and oxygen atoms in total. The number of carbonyl (C=O) groups excluding carboxylic acids is 1. The molecule has 0 radical (unpaired) electrons. The van der Waals surface area contributed by atoms with E-state index in [1.54, 1.807) is 6.20 Å². The second-order valence-corrected chi connectivity index (χ2v) is 8.18. The van der Waals surface area contributed by atoms with Crippen LogP contribution in [0.1, 0.15) is 43.8 Å². The van der Waals surface area contributed by atoms with Gasteiger partial charge in [-0.1, -0.05) is 11.6 Å². The van der Waals surface area contributed by atoms with Gasteiger partial charge in [0.2, 0.25) is 5.91 Å². The number of aromatic nitrogens is 3. The lowest BCUT2D eigenvalue weighted by Crippen LogP contribution is -2.43. The Labute approximate surface area is 147 Å². The summed E-state index contributed by atoms with van der Waals surface area (Å²) in [5.41, 5.74) is 1.13. The van der Waals surface area contributed by atoms with Crippen LogP contribution in [0.2, 0.25) is 5.15 Å². The quantitative estimate of drug-likeness (QED) is 0.743. The van der Waals surface area contributed by atoms with E-state index < -0.39 is 0 Å². The number of halogens is 2. The van der Waals surface area contributed by atoms with Gasteiger partial charge in [0.15, 0.2) is 5.15 Å². The van der Waals surface area contributed by atoms with E-state index in [9.17, 15) is 4.79 Å². The van der Waals surface area contributed by atoms with Crippen molar-refractivity contribution in [2.45, 2.75) is 44.1 Å². The maximum absolute atomic E-state index is 12.4.